The molecule has 1 heterocycles. The van der Waals surface area contributed by atoms with E-state index in [0.29, 0.717) is 17.0 Å². The lowest BCUT2D eigenvalue weighted by molar-refractivity contribution is -0.684. The van der Waals surface area contributed by atoms with Crippen LogP contribution in [0.25, 0.3) is 0 Å². The normalized spacial score (nSPS) is 10.2. The first-order chi connectivity index (χ1) is 12.6. The maximum Gasteiger partial charge on any atom is 0.290 e. The number of pyridine rings is 1. The molecule has 0 unspecified atom stereocenters. The van der Waals surface area contributed by atoms with E-state index in [-0.39, 0.29) is 18.2 Å². The highest BCUT2D eigenvalue weighted by molar-refractivity contribution is 5.93. The van der Waals surface area contributed by atoms with Crippen molar-refractivity contribution < 1.29 is 18.9 Å². The summed E-state index contributed by atoms with van der Waals surface area (Å²) in [4.78, 5) is 23.6. The fraction of sp³-hybridized carbons (Fsp3) is 0.0952. The van der Waals surface area contributed by atoms with Gasteiger partial charge in [0.15, 0.2) is 18.2 Å². The van der Waals surface area contributed by atoms with Gasteiger partial charge in [0.25, 0.3) is 5.91 Å². The standard InChI is InChI=1S/C21H18N2O3/c1-16(24)17-6-5-13-23(14-17)15-21(25)22-18-9-11-20(12-10-18)26-19-7-3-2-4-8-19/h2-14H,15H2,1H3/p+1. The van der Waals surface area contributed by atoms with Gasteiger partial charge in [-0.15, -0.1) is 0 Å². The lowest BCUT2D eigenvalue weighted by Crippen LogP contribution is -2.40. The van der Waals surface area contributed by atoms with Gasteiger partial charge >= 0.3 is 0 Å². The van der Waals surface area contributed by atoms with Crippen LogP contribution < -0.4 is 14.6 Å². The SMILES string of the molecule is CC(=O)c1ccc[n+](CC(=O)Nc2ccc(Oc3ccccc3)cc2)c1. The van der Waals surface area contributed by atoms with Gasteiger partial charge in [0, 0.05) is 11.8 Å². The number of anilines is 1. The molecule has 0 atom stereocenters. The Morgan fingerprint density at radius 1 is 0.923 bits per heavy atom. The van der Waals surface area contributed by atoms with Crippen LogP contribution in [0.4, 0.5) is 5.69 Å². The minimum Gasteiger partial charge on any atom is -0.457 e. The van der Waals surface area contributed by atoms with Crippen LogP contribution in [0.1, 0.15) is 17.3 Å². The summed E-state index contributed by atoms with van der Waals surface area (Å²) in [6, 6.07) is 20.1. The van der Waals surface area contributed by atoms with Gasteiger partial charge in [-0.05, 0) is 49.4 Å². The molecule has 26 heavy (non-hydrogen) atoms. The van der Waals surface area contributed by atoms with Gasteiger partial charge < -0.3 is 10.1 Å². The molecule has 1 aromatic heterocycles. The van der Waals surface area contributed by atoms with Gasteiger partial charge in [0.2, 0.25) is 6.54 Å². The van der Waals surface area contributed by atoms with Gasteiger partial charge in [-0.2, -0.15) is 4.57 Å². The minimum atomic E-state index is -0.174. The molecule has 0 aliphatic heterocycles. The van der Waals surface area contributed by atoms with E-state index in [1.165, 1.54) is 6.92 Å². The Hall–Kier alpha value is -3.47. The highest BCUT2D eigenvalue weighted by atomic mass is 16.5. The molecule has 1 amide bonds. The Morgan fingerprint density at radius 3 is 2.31 bits per heavy atom. The fourth-order valence-electron chi connectivity index (χ4n) is 2.43. The molecule has 1 N–H and O–H groups in total. The van der Waals surface area contributed by atoms with Crippen molar-refractivity contribution in [3.8, 4) is 11.5 Å². The van der Waals surface area contributed by atoms with E-state index in [4.69, 9.17) is 4.74 Å². The highest BCUT2D eigenvalue weighted by Crippen LogP contribution is 2.22. The van der Waals surface area contributed by atoms with E-state index in [0.717, 1.165) is 5.75 Å². The summed E-state index contributed by atoms with van der Waals surface area (Å²) in [6.07, 6.45) is 3.42. The van der Waals surface area contributed by atoms with Crippen LogP contribution in [0.15, 0.2) is 79.1 Å². The quantitative estimate of drug-likeness (QED) is 0.547. The van der Waals surface area contributed by atoms with E-state index in [1.807, 2.05) is 30.3 Å². The Balaban J connectivity index is 1.59. The van der Waals surface area contributed by atoms with Crippen molar-refractivity contribution >= 4 is 17.4 Å². The zero-order chi connectivity index (χ0) is 18.4. The number of benzene rings is 2. The number of Topliss-reactive ketones (excluding diaryl/α,β-unsaturated/α-hetero) is 1. The van der Waals surface area contributed by atoms with E-state index >= 15 is 0 Å². The Morgan fingerprint density at radius 2 is 1.62 bits per heavy atom. The molecule has 130 valence electrons. The molecule has 5 heteroatoms. The summed E-state index contributed by atoms with van der Waals surface area (Å²) in [6.45, 7) is 1.63. The third-order valence-corrected chi connectivity index (χ3v) is 3.71. The Kier molecular flexibility index (Phi) is 5.39. The number of ether oxygens (including phenoxy) is 1. The number of rotatable bonds is 6. The summed E-state index contributed by atoms with van der Waals surface area (Å²) in [7, 11) is 0. The molecular weight excluding hydrogens is 328 g/mol. The molecule has 0 saturated heterocycles. The average Bonchev–Trinajstić information content (AvgIpc) is 2.64. The third kappa shape index (κ3) is 4.77. The van der Waals surface area contributed by atoms with E-state index in [9.17, 15) is 9.59 Å². The van der Waals surface area contributed by atoms with Crippen LogP contribution in [0, 0.1) is 0 Å². The predicted octanol–water partition coefficient (Wildman–Crippen LogP) is 3.61. The van der Waals surface area contributed by atoms with Crippen molar-refractivity contribution in [2.45, 2.75) is 13.5 Å². The van der Waals surface area contributed by atoms with Gasteiger partial charge in [0.05, 0.1) is 5.56 Å². The number of aromatic nitrogens is 1. The summed E-state index contributed by atoms with van der Waals surface area (Å²) in [5.41, 5.74) is 1.25. The zero-order valence-corrected chi connectivity index (χ0v) is 14.4. The van der Waals surface area contributed by atoms with Crippen LogP contribution in [0.5, 0.6) is 11.5 Å². The largest absolute Gasteiger partial charge is 0.457 e. The summed E-state index contributed by atoms with van der Waals surface area (Å²) < 4.78 is 7.40. The number of amides is 1. The predicted molar refractivity (Wildman–Crippen MR) is 98.2 cm³/mol. The van der Waals surface area contributed by atoms with Crippen molar-refractivity contribution in [2.75, 3.05) is 5.32 Å². The number of carbonyl (C=O) groups excluding carboxylic acids is 2. The maximum atomic E-state index is 12.2. The van der Waals surface area contributed by atoms with E-state index in [1.54, 1.807) is 53.4 Å². The number of ketones is 1. The number of nitrogens with one attached hydrogen (secondary N) is 1. The summed E-state index contributed by atoms with van der Waals surface area (Å²) in [5, 5.41) is 2.83. The van der Waals surface area contributed by atoms with Crippen molar-refractivity contribution in [3.63, 3.8) is 0 Å². The molecule has 2 aromatic carbocycles. The number of carbonyl (C=O) groups is 2. The topological polar surface area (TPSA) is 59.3 Å². The lowest BCUT2D eigenvalue weighted by Gasteiger charge is -2.07. The molecule has 0 radical (unpaired) electrons. The van der Waals surface area contributed by atoms with E-state index in [2.05, 4.69) is 5.32 Å². The van der Waals surface area contributed by atoms with Gasteiger partial charge in [0.1, 0.15) is 11.5 Å². The van der Waals surface area contributed by atoms with Crippen LogP contribution in [-0.2, 0) is 11.3 Å². The number of para-hydroxylation sites is 1. The van der Waals surface area contributed by atoms with Crippen molar-refractivity contribution in [3.05, 3.63) is 84.7 Å². The van der Waals surface area contributed by atoms with Crippen molar-refractivity contribution in [2.24, 2.45) is 0 Å². The maximum absolute atomic E-state index is 12.2. The lowest BCUT2D eigenvalue weighted by atomic mass is 10.2. The highest BCUT2D eigenvalue weighted by Gasteiger charge is 2.12. The molecular formula is C21H19N2O3+. The smallest absolute Gasteiger partial charge is 0.290 e. The number of hydrogen-bond acceptors (Lipinski definition) is 3. The first-order valence-electron chi connectivity index (χ1n) is 8.23. The van der Waals surface area contributed by atoms with Crippen molar-refractivity contribution in [1.29, 1.82) is 0 Å². The number of hydrogen-bond donors (Lipinski definition) is 1. The second kappa shape index (κ2) is 8.07. The molecule has 0 aliphatic carbocycles. The second-order valence-corrected chi connectivity index (χ2v) is 5.81. The van der Waals surface area contributed by atoms with Crippen molar-refractivity contribution in [1.82, 2.24) is 0 Å². The second-order valence-electron chi connectivity index (χ2n) is 5.81. The van der Waals surface area contributed by atoms with Crippen LogP contribution in [-0.4, -0.2) is 11.7 Å². The monoisotopic (exact) mass is 347 g/mol. The Labute approximate surface area is 151 Å². The third-order valence-electron chi connectivity index (χ3n) is 3.71. The summed E-state index contributed by atoms with van der Waals surface area (Å²) >= 11 is 0. The first-order valence-corrected chi connectivity index (χ1v) is 8.23. The minimum absolute atomic E-state index is 0.0336. The molecule has 0 aliphatic rings. The van der Waals surface area contributed by atoms with Crippen LogP contribution in [0.2, 0.25) is 0 Å². The molecule has 0 bridgehead atoms. The van der Waals surface area contributed by atoms with Crippen LogP contribution >= 0.6 is 0 Å². The average molecular weight is 347 g/mol. The van der Waals surface area contributed by atoms with Gasteiger partial charge in [-0.1, -0.05) is 18.2 Å². The molecule has 0 spiro atoms. The molecule has 3 rings (SSSR count). The molecule has 0 saturated carbocycles. The van der Waals surface area contributed by atoms with Gasteiger partial charge in [-0.3, -0.25) is 9.59 Å². The summed E-state index contributed by atoms with van der Waals surface area (Å²) in [5.74, 6) is 1.24. The van der Waals surface area contributed by atoms with Crippen LogP contribution in [0.3, 0.4) is 0 Å². The Bertz CT molecular complexity index is 906. The fourth-order valence-corrected chi connectivity index (χ4v) is 2.43. The first kappa shape index (κ1) is 17.4. The zero-order valence-electron chi connectivity index (χ0n) is 14.4. The van der Waals surface area contributed by atoms with Gasteiger partial charge in [-0.25, -0.2) is 0 Å². The molecule has 3 aromatic rings. The van der Waals surface area contributed by atoms with E-state index < -0.39 is 0 Å². The molecule has 0 fully saturated rings. The molecule has 5 nitrogen and oxygen atoms in total. The number of nitrogens with zero attached hydrogens (tertiary/aromatic N) is 1.